The highest BCUT2D eigenvalue weighted by atomic mass is 35.5. The average Bonchev–Trinajstić information content (AvgIpc) is 3.48. The van der Waals surface area contributed by atoms with Crippen molar-refractivity contribution in [2.24, 2.45) is 17.8 Å². The second kappa shape index (κ2) is 8.44. The fourth-order valence-corrected chi connectivity index (χ4v) is 6.77. The molecule has 3 aromatic rings. The van der Waals surface area contributed by atoms with Crippen LogP contribution in [0.1, 0.15) is 44.2 Å². The van der Waals surface area contributed by atoms with Crippen LogP contribution in [0, 0.1) is 17.8 Å². The van der Waals surface area contributed by atoms with Crippen molar-refractivity contribution in [2.75, 3.05) is 0 Å². The van der Waals surface area contributed by atoms with Gasteiger partial charge in [0.15, 0.2) is 0 Å². The molecule has 2 fully saturated rings. The van der Waals surface area contributed by atoms with E-state index in [0.717, 1.165) is 12.8 Å². The number of ether oxygens (including phenoxy) is 2. The second-order valence-corrected chi connectivity index (χ2v) is 10.3. The SMILES string of the molecule is O=C(OC1C2CC(C1OC(=O)c1cccc(Cl)c1)C1c3ccccc3CC21)c1cccc(Cl)c1. The van der Waals surface area contributed by atoms with E-state index in [1.165, 1.54) is 11.1 Å². The first-order chi connectivity index (χ1) is 16.5. The van der Waals surface area contributed by atoms with Gasteiger partial charge in [0.05, 0.1) is 11.1 Å². The lowest BCUT2D eigenvalue weighted by Crippen LogP contribution is -2.45. The van der Waals surface area contributed by atoms with Gasteiger partial charge in [-0.25, -0.2) is 9.59 Å². The summed E-state index contributed by atoms with van der Waals surface area (Å²) in [5.41, 5.74) is 3.46. The van der Waals surface area contributed by atoms with Crippen molar-refractivity contribution in [2.45, 2.75) is 31.0 Å². The van der Waals surface area contributed by atoms with Crippen LogP contribution < -0.4 is 0 Å². The molecule has 2 bridgehead atoms. The molecular formula is C28H22Cl2O4. The van der Waals surface area contributed by atoms with E-state index in [2.05, 4.69) is 24.3 Å². The number of rotatable bonds is 4. The molecule has 6 rings (SSSR count). The molecule has 0 radical (unpaired) electrons. The minimum absolute atomic E-state index is 0.0962. The van der Waals surface area contributed by atoms with Crippen molar-refractivity contribution < 1.29 is 19.1 Å². The summed E-state index contributed by atoms with van der Waals surface area (Å²) < 4.78 is 12.1. The van der Waals surface area contributed by atoms with Crippen LogP contribution in [0.25, 0.3) is 0 Å². The zero-order chi connectivity index (χ0) is 23.4. The highest BCUT2D eigenvalue weighted by molar-refractivity contribution is 6.31. The van der Waals surface area contributed by atoms with E-state index in [0.29, 0.717) is 33.0 Å². The summed E-state index contributed by atoms with van der Waals surface area (Å²) in [5.74, 6) is 0.00408. The number of carbonyl (C=O) groups excluding carboxylic acids is 2. The Hall–Kier alpha value is -2.82. The van der Waals surface area contributed by atoms with Crippen LogP contribution in [0.2, 0.25) is 10.0 Å². The average molecular weight is 493 g/mol. The normalized spacial score (nSPS) is 28.3. The summed E-state index contributed by atoms with van der Waals surface area (Å²) in [7, 11) is 0. The van der Waals surface area contributed by atoms with Crippen molar-refractivity contribution in [1.82, 2.24) is 0 Å². The number of carbonyl (C=O) groups is 2. The molecule has 3 aromatic carbocycles. The zero-order valence-corrected chi connectivity index (χ0v) is 19.7. The molecular weight excluding hydrogens is 471 g/mol. The molecule has 0 heterocycles. The first kappa shape index (κ1) is 21.7. The highest BCUT2D eigenvalue weighted by Gasteiger charge is 2.63. The largest absolute Gasteiger partial charge is 0.455 e. The predicted octanol–water partition coefficient (Wildman–Crippen LogP) is 6.35. The number of benzene rings is 3. The van der Waals surface area contributed by atoms with Gasteiger partial charge in [0.25, 0.3) is 0 Å². The molecule has 3 aliphatic rings. The van der Waals surface area contributed by atoms with Crippen molar-refractivity contribution in [1.29, 1.82) is 0 Å². The smallest absolute Gasteiger partial charge is 0.338 e. The Morgan fingerprint density at radius 3 is 1.91 bits per heavy atom. The third-order valence-electron chi connectivity index (χ3n) is 7.66. The fraction of sp³-hybridized carbons (Fsp3) is 0.286. The van der Waals surface area contributed by atoms with E-state index in [-0.39, 0.29) is 11.8 Å². The van der Waals surface area contributed by atoms with E-state index >= 15 is 0 Å². The summed E-state index contributed by atoms with van der Waals surface area (Å²) in [5, 5.41) is 0.939. The van der Waals surface area contributed by atoms with Gasteiger partial charge in [-0.2, -0.15) is 0 Å². The van der Waals surface area contributed by atoms with E-state index in [1.807, 2.05) is 0 Å². The maximum absolute atomic E-state index is 13.1. The van der Waals surface area contributed by atoms with Crippen molar-refractivity contribution in [3.05, 3.63) is 105 Å². The maximum atomic E-state index is 13.1. The number of halogens is 2. The topological polar surface area (TPSA) is 52.6 Å². The van der Waals surface area contributed by atoms with E-state index in [9.17, 15) is 9.59 Å². The van der Waals surface area contributed by atoms with E-state index < -0.39 is 24.1 Å². The fourth-order valence-electron chi connectivity index (χ4n) is 6.38. The molecule has 0 spiro atoms. The first-order valence-electron chi connectivity index (χ1n) is 11.5. The van der Waals surface area contributed by atoms with Gasteiger partial charge in [-0.1, -0.05) is 59.6 Å². The van der Waals surface area contributed by atoms with Crippen LogP contribution >= 0.6 is 23.2 Å². The molecule has 0 amide bonds. The minimum Gasteiger partial charge on any atom is -0.455 e. The molecule has 0 N–H and O–H groups in total. The summed E-state index contributed by atoms with van der Waals surface area (Å²) in [6.07, 6.45) is 0.800. The van der Waals surface area contributed by atoms with Gasteiger partial charge in [-0.15, -0.1) is 0 Å². The van der Waals surface area contributed by atoms with Crippen molar-refractivity contribution in [3.8, 4) is 0 Å². The van der Waals surface area contributed by atoms with E-state index in [4.69, 9.17) is 32.7 Å². The maximum Gasteiger partial charge on any atom is 0.338 e. The first-order valence-corrected chi connectivity index (χ1v) is 12.3. The number of esters is 2. The van der Waals surface area contributed by atoms with Gasteiger partial charge < -0.3 is 9.47 Å². The molecule has 4 nitrogen and oxygen atoms in total. The lowest BCUT2D eigenvalue weighted by molar-refractivity contribution is -0.0698. The molecule has 0 aliphatic heterocycles. The molecule has 0 aromatic heterocycles. The minimum atomic E-state index is -0.521. The lowest BCUT2D eigenvalue weighted by Gasteiger charge is -2.37. The molecule has 34 heavy (non-hydrogen) atoms. The Bertz CT molecular complexity index is 1290. The van der Waals surface area contributed by atoms with Gasteiger partial charge in [0.1, 0.15) is 12.2 Å². The molecule has 6 heteroatoms. The Balaban J connectivity index is 1.32. The van der Waals surface area contributed by atoms with Crippen molar-refractivity contribution >= 4 is 35.1 Å². The number of hydrogen-bond acceptors (Lipinski definition) is 4. The summed E-state index contributed by atoms with van der Waals surface area (Å²) in [4.78, 5) is 26.1. The van der Waals surface area contributed by atoms with Gasteiger partial charge in [0.2, 0.25) is 0 Å². The van der Waals surface area contributed by atoms with Gasteiger partial charge >= 0.3 is 11.9 Å². The van der Waals surface area contributed by atoms with Crippen LogP contribution in [0.3, 0.4) is 0 Å². The van der Waals surface area contributed by atoms with E-state index in [1.54, 1.807) is 48.5 Å². The quantitative estimate of drug-likeness (QED) is 0.398. The molecule has 6 atom stereocenters. The number of hydrogen-bond donors (Lipinski definition) is 0. The van der Waals surface area contributed by atoms with Crippen LogP contribution in [-0.4, -0.2) is 24.1 Å². The second-order valence-electron chi connectivity index (χ2n) is 9.42. The lowest BCUT2D eigenvalue weighted by atomic mass is 9.76. The Kier molecular flexibility index (Phi) is 5.39. The number of fused-ring (bicyclic) bond motifs is 7. The van der Waals surface area contributed by atoms with Gasteiger partial charge in [-0.05, 0) is 72.2 Å². The van der Waals surface area contributed by atoms with Crippen LogP contribution in [0.15, 0.2) is 72.8 Å². The summed E-state index contributed by atoms with van der Waals surface area (Å²) in [6, 6.07) is 21.9. The predicted molar refractivity (Wildman–Crippen MR) is 129 cm³/mol. The molecule has 2 saturated carbocycles. The summed E-state index contributed by atoms with van der Waals surface area (Å²) in [6.45, 7) is 0. The van der Waals surface area contributed by atoms with Gasteiger partial charge in [-0.3, -0.25) is 0 Å². The molecule has 0 saturated heterocycles. The Morgan fingerprint density at radius 2 is 1.29 bits per heavy atom. The molecule has 172 valence electrons. The van der Waals surface area contributed by atoms with Crippen molar-refractivity contribution in [3.63, 3.8) is 0 Å². The van der Waals surface area contributed by atoms with Crippen LogP contribution in [0.4, 0.5) is 0 Å². The van der Waals surface area contributed by atoms with Crippen LogP contribution in [0.5, 0.6) is 0 Å². The summed E-state index contributed by atoms with van der Waals surface area (Å²) >= 11 is 12.2. The Morgan fingerprint density at radius 1 is 0.706 bits per heavy atom. The van der Waals surface area contributed by atoms with Gasteiger partial charge in [0, 0.05) is 21.9 Å². The third-order valence-corrected chi connectivity index (χ3v) is 8.13. The Labute approximate surface area is 207 Å². The molecule has 6 unspecified atom stereocenters. The zero-order valence-electron chi connectivity index (χ0n) is 18.2. The third kappa shape index (κ3) is 3.60. The highest BCUT2D eigenvalue weighted by Crippen LogP contribution is 2.62. The monoisotopic (exact) mass is 492 g/mol. The van der Waals surface area contributed by atoms with Crippen LogP contribution in [-0.2, 0) is 15.9 Å². The standard InChI is InChI=1S/C28H22Cl2O4/c29-18-8-3-6-16(11-18)27(31)33-25-22-14-23(24-20-10-2-1-5-15(20)13-21(22)24)26(25)34-28(32)17-7-4-9-19(30)12-17/h1-12,21-26H,13-14H2. The molecule has 3 aliphatic carbocycles.